The Kier molecular flexibility index (Phi) is 6.22. The maximum absolute atomic E-state index is 10.4. The molecule has 0 spiro atoms. The topological polar surface area (TPSA) is 47.6 Å². The van der Waals surface area contributed by atoms with Gasteiger partial charge in [-0.2, -0.15) is 0 Å². The molecule has 1 rings (SSSR count). The molecular formula is C12H17NO3. The highest BCUT2D eigenvalue weighted by Crippen LogP contribution is 2.10. The molecule has 0 bridgehead atoms. The SMILES string of the molecule is CNCCOCCOc1ccc(C=O)cc1. The molecule has 0 aliphatic heterocycles. The number of rotatable bonds is 8. The lowest BCUT2D eigenvalue weighted by molar-refractivity contribution is 0.103. The van der Waals surface area contributed by atoms with Crippen LogP contribution in [0.5, 0.6) is 5.75 Å². The van der Waals surface area contributed by atoms with Crippen molar-refractivity contribution in [2.45, 2.75) is 0 Å². The van der Waals surface area contributed by atoms with Crippen molar-refractivity contribution in [3.63, 3.8) is 0 Å². The third-order valence-corrected chi connectivity index (χ3v) is 2.01. The average Bonchev–Trinajstić information content (AvgIpc) is 2.34. The maximum Gasteiger partial charge on any atom is 0.150 e. The number of nitrogens with one attached hydrogen (secondary N) is 1. The Balaban J connectivity index is 2.14. The standard InChI is InChI=1S/C12H17NO3/c1-13-6-7-15-8-9-16-12-4-2-11(10-14)3-5-12/h2-5,10,13H,6-9H2,1H3. The first-order chi connectivity index (χ1) is 7.86. The fourth-order valence-electron chi connectivity index (χ4n) is 1.14. The molecule has 0 fully saturated rings. The van der Waals surface area contributed by atoms with E-state index in [-0.39, 0.29) is 0 Å². The van der Waals surface area contributed by atoms with Gasteiger partial charge < -0.3 is 14.8 Å². The summed E-state index contributed by atoms with van der Waals surface area (Å²) in [4.78, 5) is 10.4. The zero-order valence-corrected chi connectivity index (χ0v) is 9.44. The molecule has 1 aromatic carbocycles. The van der Waals surface area contributed by atoms with Crippen molar-refractivity contribution in [3.8, 4) is 5.75 Å². The van der Waals surface area contributed by atoms with E-state index in [1.54, 1.807) is 24.3 Å². The van der Waals surface area contributed by atoms with Crippen LogP contribution in [-0.4, -0.2) is 39.7 Å². The third-order valence-electron chi connectivity index (χ3n) is 2.01. The molecular weight excluding hydrogens is 206 g/mol. The normalized spacial score (nSPS) is 10.1. The predicted octanol–water partition coefficient (Wildman–Crippen LogP) is 1.11. The molecule has 4 nitrogen and oxygen atoms in total. The minimum absolute atomic E-state index is 0.518. The molecule has 0 unspecified atom stereocenters. The quantitative estimate of drug-likeness (QED) is 0.530. The zero-order valence-electron chi connectivity index (χ0n) is 9.44. The first-order valence-electron chi connectivity index (χ1n) is 5.27. The van der Waals surface area contributed by atoms with Gasteiger partial charge >= 0.3 is 0 Å². The molecule has 0 heterocycles. The van der Waals surface area contributed by atoms with Crippen LogP contribution < -0.4 is 10.1 Å². The minimum Gasteiger partial charge on any atom is -0.491 e. The van der Waals surface area contributed by atoms with Gasteiger partial charge in [0.05, 0.1) is 13.2 Å². The molecule has 0 aliphatic carbocycles. The van der Waals surface area contributed by atoms with Crippen LogP contribution in [0.4, 0.5) is 0 Å². The van der Waals surface area contributed by atoms with Crippen molar-refractivity contribution in [1.82, 2.24) is 5.32 Å². The number of hydrogen-bond acceptors (Lipinski definition) is 4. The van der Waals surface area contributed by atoms with Gasteiger partial charge in [0.15, 0.2) is 0 Å². The van der Waals surface area contributed by atoms with Gasteiger partial charge in [0.1, 0.15) is 18.6 Å². The monoisotopic (exact) mass is 223 g/mol. The predicted molar refractivity (Wildman–Crippen MR) is 62.1 cm³/mol. The summed E-state index contributed by atoms with van der Waals surface area (Å²) in [6.45, 7) is 2.61. The Morgan fingerprint density at radius 1 is 1.19 bits per heavy atom. The smallest absolute Gasteiger partial charge is 0.150 e. The van der Waals surface area contributed by atoms with Gasteiger partial charge in [-0.25, -0.2) is 0 Å². The van der Waals surface area contributed by atoms with Gasteiger partial charge in [-0.15, -0.1) is 0 Å². The Hall–Kier alpha value is -1.39. The molecule has 1 N–H and O–H groups in total. The third kappa shape index (κ3) is 4.91. The summed E-state index contributed by atoms with van der Waals surface area (Å²) >= 11 is 0. The second-order valence-corrected chi connectivity index (χ2v) is 3.25. The van der Waals surface area contributed by atoms with E-state index >= 15 is 0 Å². The molecule has 0 radical (unpaired) electrons. The highest BCUT2D eigenvalue weighted by molar-refractivity contribution is 5.74. The summed E-state index contributed by atoms with van der Waals surface area (Å²) in [5.41, 5.74) is 0.651. The van der Waals surface area contributed by atoms with Gasteiger partial charge in [0.2, 0.25) is 0 Å². The zero-order chi connectivity index (χ0) is 11.6. The van der Waals surface area contributed by atoms with E-state index in [1.807, 2.05) is 7.05 Å². The lowest BCUT2D eigenvalue weighted by Crippen LogP contribution is -2.16. The van der Waals surface area contributed by atoms with Crippen LogP contribution in [0.1, 0.15) is 10.4 Å². The maximum atomic E-state index is 10.4. The van der Waals surface area contributed by atoms with E-state index in [1.165, 1.54) is 0 Å². The molecule has 16 heavy (non-hydrogen) atoms. The summed E-state index contributed by atoms with van der Waals surface area (Å²) in [5.74, 6) is 0.753. The first kappa shape index (κ1) is 12.7. The number of benzene rings is 1. The lowest BCUT2D eigenvalue weighted by atomic mass is 10.2. The molecule has 0 aromatic heterocycles. The highest BCUT2D eigenvalue weighted by atomic mass is 16.5. The molecule has 0 saturated heterocycles. The Morgan fingerprint density at radius 2 is 1.94 bits per heavy atom. The van der Waals surface area contributed by atoms with Crippen LogP contribution in [0.2, 0.25) is 0 Å². The molecule has 1 aromatic rings. The van der Waals surface area contributed by atoms with E-state index in [2.05, 4.69) is 5.32 Å². The summed E-state index contributed by atoms with van der Waals surface area (Å²) in [6.07, 6.45) is 0.810. The van der Waals surface area contributed by atoms with Gasteiger partial charge in [-0.1, -0.05) is 0 Å². The van der Waals surface area contributed by atoms with E-state index < -0.39 is 0 Å². The van der Waals surface area contributed by atoms with E-state index in [9.17, 15) is 4.79 Å². The van der Waals surface area contributed by atoms with Crippen molar-refractivity contribution >= 4 is 6.29 Å². The highest BCUT2D eigenvalue weighted by Gasteiger charge is 1.94. The summed E-state index contributed by atoms with van der Waals surface area (Å²) in [7, 11) is 1.88. The van der Waals surface area contributed by atoms with Crippen molar-refractivity contribution < 1.29 is 14.3 Å². The number of hydrogen-bond donors (Lipinski definition) is 1. The second kappa shape index (κ2) is 7.84. The molecule has 0 aliphatic rings. The average molecular weight is 223 g/mol. The summed E-state index contributed by atoms with van der Waals surface area (Å²) in [5, 5.41) is 2.99. The molecule has 0 amide bonds. The molecule has 88 valence electrons. The molecule has 4 heteroatoms. The number of carbonyl (C=O) groups is 1. The van der Waals surface area contributed by atoms with E-state index in [0.717, 1.165) is 18.6 Å². The van der Waals surface area contributed by atoms with Crippen LogP contribution in [0.15, 0.2) is 24.3 Å². The molecule has 0 atom stereocenters. The van der Waals surface area contributed by atoms with Crippen molar-refractivity contribution in [1.29, 1.82) is 0 Å². The largest absolute Gasteiger partial charge is 0.491 e. The van der Waals surface area contributed by atoms with Gasteiger partial charge in [-0.05, 0) is 31.3 Å². The van der Waals surface area contributed by atoms with Crippen molar-refractivity contribution in [2.24, 2.45) is 0 Å². The minimum atomic E-state index is 0.518. The van der Waals surface area contributed by atoms with Gasteiger partial charge in [-0.3, -0.25) is 4.79 Å². The Labute approximate surface area is 95.6 Å². The van der Waals surface area contributed by atoms with Crippen LogP contribution >= 0.6 is 0 Å². The van der Waals surface area contributed by atoms with E-state index in [0.29, 0.717) is 25.4 Å². The van der Waals surface area contributed by atoms with Crippen LogP contribution in [0.3, 0.4) is 0 Å². The van der Waals surface area contributed by atoms with Crippen molar-refractivity contribution in [3.05, 3.63) is 29.8 Å². The number of ether oxygens (including phenoxy) is 2. The number of aldehydes is 1. The fourth-order valence-corrected chi connectivity index (χ4v) is 1.14. The fraction of sp³-hybridized carbons (Fsp3) is 0.417. The van der Waals surface area contributed by atoms with Gasteiger partial charge in [0.25, 0.3) is 0 Å². The van der Waals surface area contributed by atoms with Crippen LogP contribution in [-0.2, 0) is 4.74 Å². The second-order valence-electron chi connectivity index (χ2n) is 3.25. The molecule has 0 saturated carbocycles. The van der Waals surface area contributed by atoms with Crippen LogP contribution in [0.25, 0.3) is 0 Å². The first-order valence-corrected chi connectivity index (χ1v) is 5.27. The number of carbonyl (C=O) groups excluding carboxylic acids is 1. The van der Waals surface area contributed by atoms with Gasteiger partial charge in [0, 0.05) is 12.1 Å². The van der Waals surface area contributed by atoms with Crippen molar-refractivity contribution in [2.75, 3.05) is 33.4 Å². The van der Waals surface area contributed by atoms with E-state index in [4.69, 9.17) is 9.47 Å². The van der Waals surface area contributed by atoms with Crippen LogP contribution in [0, 0.1) is 0 Å². The number of likely N-dealkylation sites (N-methyl/N-ethyl adjacent to an activating group) is 1. The Morgan fingerprint density at radius 3 is 2.56 bits per heavy atom. The summed E-state index contributed by atoms with van der Waals surface area (Å²) < 4.78 is 10.7. The summed E-state index contributed by atoms with van der Waals surface area (Å²) in [6, 6.07) is 7.00. The lowest BCUT2D eigenvalue weighted by Gasteiger charge is -2.06. The Bertz CT molecular complexity index is 298.